The van der Waals surface area contributed by atoms with E-state index in [0.29, 0.717) is 4.90 Å². The largest absolute Gasteiger partial charge is 0.373 e. The lowest BCUT2D eigenvalue weighted by atomic mass is 10.3. The third-order valence-electron chi connectivity index (χ3n) is 3.15. The van der Waals surface area contributed by atoms with E-state index in [1.807, 2.05) is 34.8 Å². The van der Waals surface area contributed by atoms with E-state index < -0.39 is 9.84 Å². The highest BCUT2D eigenvalue weighted by Crippen LogP contribution is 2.23. The van der Waals surface area contributed by atoms with Crippen LogP contribution in [0.1, 0.15) is 6.42 Å². The van der Waals surface area contributed by atoms with Gasteiger partial charge in [-0.05, 0) is 18.6 Å². The molecule has 0 fully saturated rings. The Labute approximate surface area is 119 Å². The summed E-state index contributed by atoms with van der Waals surface area (Å²) >= 11 is 0. The number of imidazole rings is 1. The second-order valence-corrected chi connectivity index (χ2v) is 6.80. The number of hydrogen-bond donors (Lipinski definition) is 0. The van der Waals surface area contributed by atoms with Gasteiger partial charge >= 0.3 is 0 Å². The summed E-state index contributed by atoms with van der Waals surface area (Å²) in [6.07, 6.45) is 7.62. The summed E-state index contributed by atoms with van der Waals surface area (Å²) in [6.45, 7) is 1.65. The molecule has 0 aliphatic heterocycles. The SMILES string of the molecule is CN(CCCn1ccnc1)c1ccccc1S(C)(=O)=O. The fourth-order valence-corrected chi connectivity index (χ4v) is 3.05. The second-order valence-electron chi connectivity index (χ2n) is 4.82. The van der Waals surface area contributed by atoms with Gasteiger partial charge in [-0.3, -0.25) is 0 Å². The molecule has 1 aromatic heterocycles. The average molecular weight is 293 g/mol. The molecular weight excluding hydrogens is 274 g/mol. The molecule has 0 radical (unpaired) electrons. The molecule has 1 heterocycles. The van der Waals surface area contributed by atoms with Crippen molar-refractivity contribution < 1.29 is 8.42 Å². The van der Waals surface area contributed by atoms with Crippen molar-refractivity contribution in [3.63, 3.8) is 0 Å². The summed E-state index contributed by atoms with van der Waals surface area (Å²) in [5, 5.41) is 0. The number of benzene rings is 1. The third kappa shape index (κ3) is 3.60. The highest BCUT2D eigenvalue weighted by molar-refractivity contribution is 7.90. The number of nitrogens with zero attached hydrogens (tertiary/aromatic N) is 3. The quantitative estimate of drug-likeness (QED) is 0.815. The Kier molecular flexibility index (Phi) is 4.44. The van der Waals surface area contributed by atoms with Gasteiger partial charge in [-0.2, -0.15) is 0 Å². The zero-order chi connectivity index (χ0) is 14.6. The Balaban J connectivity index is 2.04. The lowest BCUT2D eigenvalue weighted by Gasteiger charge is -2.21. The minimum Gasteiger partial charge on any atom is -0.373 e. The summed E-state index contributed by atoms with van der Waals surface area (Å²) in [5.41, 5.74) is 0.751. The van der Waals surface area contributed by atoms with Gasteiger partial charge in [0.05, 0.1) is 16.9 Å². The maximum atomic E-state index is 11.8. The van der Waals surface area contributed by atoms with Crippen LogP contribution in [-0.2, 0) is 16.4 Å². The number of aromatic nitrogens is 2. The van der Waals surface area contributed by atoms with Crippen molar-refractivity contribution in [2.24, 2.45) is 0 Å². The first-order valence-corrected chi connectivity index (χ1v) is 8.33. The molecule has 1 aromatic carbocycles. The van der Waals surface area contributed by atoms with Crippen LogP contribution in [-0.4, -0.2) is 37.8 Å². The number of rotatable bonds is 6. The zero-order valence-electron chi connectivity index (χ0n) is 11.7. The fourth-order valence-electron chi connectivity index (χ4n) is 2.12. The van der Waals surface area contributed by atoms with Gasteiger partial charge in [0, 0.05) is 38.8 Å². The second kappa shape index (κ2) is 6.09. The first-order valence-electron chi connectivity index (χ1n) is 6.44. The Morgan fingerprint density at radius 2 is 2.05 bits per heavy atom. The molecule has 6 heteroatoms. The molecule has 0 amide bonds. The monoisotopic (exact) mass is 293 g/mol. The van der Waals surface area contributed by atoms with Crippen LogP contribution in [0.25, 0.3) is 0 Å². The van der Waals surface area contributed by atoms with E-state index in [0.717, 1.165) is 25.2 Å². The van der Waals surface area contributed by atoms with E-state index in [-0.39, 0.29) is 0 Å². The predicted octanol–water partition coefficient (Wildman–Crippen LogP) is 1.81. The zero-order valence-corrected chi connectivity index (χ0v) is 12.5. The average Bonchev–Trinajstić information content (AvgIpc) is 2.91. The van der Waals surface area contributed by atoms with Crippen molar-refractivity contribution in [2.75, 3.05) is 24.7 Å². The Morgan fingerprint density at radius 1 is 1.30 bits per heavy atom. The first kappa shape index (κ1) is 14.6. The molecule has 0 bridgehead atoms. The van der Waals surface area contributed by atoms with Crippen LogP contribution in [0.2, 0.25) is 0 Å². The minimum absolute atomic E-state index is 0.380. The molecular formula is C14H19N3O2S. The van der Waals surface area contributed by atoms with E-state index in [1.54, 1.807) is 24.7 Å². The third-order valence-corrected chi connectivity index (χ3v) is 4.29. The van der Waals surface area contributed by atoms with Gasteiger partial charge in [0.15, 0.2) is 9.84 Å². The fraction of sp³-hybridized carbons (Fsp3) is 0.357. The van der Waals surface area contributed by atoms with E-state index in [1.165, 1.54) is 6.26 Å². The van der Waals surface area contributed by atoms with E-state index in [9.17, 15) is 8.42 Å². The van der Waals surface area contributed by atoms with Gasteiger partial charge in [-0.25, -0.2) is 13.4 Å². The molecule has 2 rings (SSSR count). The highest BCUT2D eigenvalue weighted by Gasteiger charge is 2.15. The van der Waals surface area contributed by atoms with Crippen LogP contribution in [0.3, 0.4) is 0 Å². The smallest absolute Gasteiger partial charge is 0.177 e. The molecule has 0 spiro atoms. The Hall–Kier alpha value is -1.82. The van der Waals surface area contributed by atoms with Gasteiger partial charge in [-0.15, -0.1) is 0 Å². The van der Waals surface area contributed by atoms with Gasteiger partial charge in [-0.1, -0.05) is 12.1 Å². The van der Waals surface area contributed by atoms with Crippen LogP contribution < -0.4 is 4.90 Å². The molecule has 0 aliphatic rings. The Morgan fingerprint density at radius 3 is 2.70 bits per heavy atom. The minimum atomic E-state index is -3.20. The van der Waals surface area contributed by atoms with Gasteiger partial charge in [0.1, 0.15) is 0 Å². The summed E-state index contributed by atoms with van der Waals surface area (Å²) in [5.74, 6) is 0. The summed E-state index contributed by atoms with van der Waals surface area (Å²) in [6, 6.07) is 7.10. The van der Waals surface area contributed by atoms with Crippen molar-refractivity contribution in [3.8, 4) is 0 Å². The van der Waals surface area contributed by atoms with E-state index >= 15 is 0 Å². The normalized spacial score (nSPS) is 11.5. The van der Waals surface area contributed by atoms with Gasteiger partial charge < -0.3 is 9.47 Å². The summed E-state index contributed by atoms with van der Waals surface area (Å²) in [7, 11) is -1.29. The highest BCUT2D eigenvalue weighted by atomic mass is 32.2. The standard InChI is InChI=1S/C14H19N3O2S/c1-16(9-5-10-17-11-8-15-12-17)13-6-3-4-7-14(13)20(2,18)19/h3-4,6-8,11-12H,5,9-10H2,1-2H3. The van der Waals surface area contributed by atoms with Gasteiger partial charge in [0.2, 0.25) is 0 Å². The van der Waals surface area contributed by atoms with Crippen molar-refractivity contribution in [2.45, 2.75) is 17.9 Å². The molecule has 0 N–H and O–H groups in total. The lowest BCUT2D eigenvalue weighted by molar-refractivity contribution is 0.600. The Bertz CT molecular complexity index is 651. The first-order chi connectivity index (χ1) is 9.48. The number of para-hydroxylation sites is 1. The molecule has 0 aliphatic carbocycles. The molecule has 108 valence electrons. The number of sulfone groups is 1. The summed E-state index contributed by atoms with van der Waals surface area (Å²) in [4.78, 5) is 6.35. The van der Waals surface area contributed by atoms with Crippen LogP contribution >= 0.6 is 0 Å². The van der Waals surface area contributed by atoms with Crippen molar-refractivity contribution >= 4 is 15.5 Å². The van der Waals surface area contributed by atoms with Crippen LogP contribution in [0, 0.1) is 0 Å². The molecule has 0 saturated carbocycles. The maximum Gasteiger partial charge on any atom is 0.177 e. The molecule has 20 heavy (non-hydrogen) atoms. The van der Waals surface area contributed by atoms with Gasteiger partial charge in [0.25, 0.3) is 0 Å². The van der Waals surface area contributed by atoms with Crippen molar-refractivity contribution in [1.82, 2.24) is 9.55 Å². The number of anilines is 1. The van der Waals surface area contributed by atoms with Crippen LogP contribution in [0.4, 0.5) is 5.69 Å². The molecule has 0 unspecified atom stereocenters. The lowest BCUT2D eigenvalue weighted by Crippen LogP contribution is -2.21. The molecule has 0 atom stereocenters. The predicted molar refractivity (Wildman–Crippen MR) is 79.7 cm³/mol. The topological polar surface area (TPSA) is 55.2 Å². The van der Waals surface area contributed by atoms with Crippen molar-refractivity contribution in [1.29, 1.82) is 0 Å². The molecule has 0 saturated heterocycles. The number of hydrogen-bond acceptors (Lipinski definition) is 4. The summed E-state index contributed by atoms with van der Waals surface area (Å²) < 4.78 is 25.6. The van der Waals surface area contributed by atoms with E-state index in [2.05, 4.69) is 4.98 Å². The van der Waals surface area contributed by atoms with E-state index in [4.69, 9.17) is 0 Å². The van der Waals surface area contributed by atoms with Crippen molar-refractivity contribution in [3.05, 3.63) is 43.0 Å². The number of aryl methyl sites for hydroxylation is 1. The van der Waals surface area contributed by atoms with Crippen LogP contribution in [0.5, 0.6) is 0 Å². The molecule has 2 aromatic rings. The van der Waals surface area contributed by atoms with Crippen LogP contribution in [0.15, 0.2) is 47.9 Å². The molecule has 5 nitrogen and oxygen atoms in total. The maximum absolute atomic E-state index is 11.8.